The number of hydrogen-bond acceptors (Lipinski definition) is 4. The van der Waals surface area contributed by atoms with Crippen LogP contribution in [0.5, 0.6) is 0 Å². The molecule has 1 amide bonds. The highest BCUT2D eigenvalue weighted by Crippen LogP contribution is 2.34. The molecule has 3 N–H and O–H groups in total. The van der Waals surface area contributed by atoms with Crippen molar-refractivity contribution in [2.45, 2.75) is 5.79 Å². The van der Waals surface area contributed by atoms with Crippen molar-refractivity contribution >= 4 is 34.2 Å². The molecule has 0 bridgehead atoms. The summed E-state index contributed by atoms with van der Waals surface area (Å²) in [6, 6.07) is 8.94. The van der Waals surface area contributed by atoms with Gasteiger partial charge >= 0.3 is 0 Å². The molecule has 2 unspecified atom stereocenters. The van der Waals surface area contributed by atoms with Gasteiger partial charge in [0.1, 0.15) is 5.92 Å². The third kappa shape index (κ3) is 5.02. The molecule has 0 saturated carbocycles. The molecule has 1 aromatic rings. The lowest BCUT2D eigenvalue weighted by atomic mass is 9.91. The van der Waals surface area contributed by atoms with Gasteiger partial charge in [-0.2, -0.15) is 0 Å². The lowest BCUT2D eigenvalue weighted by Crippen LogP contribution is -2.48. The van der Waals surface area contributed by atoms with Crippen LogP contribution in [0.3, 0.4) is 0 Å². The summed E-state index contributed by atoms with van der Waals surface area (Å²) in [5.41, 5.74) is 2.90. The van der Waals surface area contributed by atoms with Crippen molar-refractivity contribution in [3.8, 4) is 0 Å². The first-order valence-electron chi connectivity index (χ1n) is 7.20. The second-order valence-corrected chi connectivity index (χ2v) is 6.29. The Morgan fingerprint density at radius 3 is 2.83 bits per heavy atom. The predicted octanol–water partition coefficient (Wildman–Crippen LogP) is 2.54. The number of allylic oxidation sites excluding steroid dienone is 2. The molecule has 23 heavy (non-hydrogen) atoms. The number of carbonyl (C=O) groups is 1. The molecule has 5 nitrogen and oxygen atoms in total. The van der Waals surface area contributed by atoms with Gasteiger partial charge in [-0.05, 0) is 47.8 Å². The molecule has 1 aliphatic rings. The van der Waals surface area contributed by atoms with Crippen molar-refractivity contribution in [2.24, 2.45) is 5.92 Å². The number of halogens is 2. The van der Waals surface area contributed by atoms with Crippen LogP contribution in [0.4, 0.5) is 10.1 Å². The first kappa shape index (κ1) is 17.9. The predicted molar refractivity (Wildman–Crippen MR) is 96.7 cm³/mol. The second-order valence-electron chi connectivity index (χ2n) is 5.04. The fourth-order valence-corrected chi connectivity index (χ4v) is 2.80. The molecule has 0 aromatic heterocycles. The molecule has 1 aromatic carbocycles. The normalized spacial score (nSPS) is 23.3. The molecule has 2 atom stereocenters. The molecule has 0 saturated heterocycles. The van der Waals surface area contributed by atoms with Crippen LogP contribution in [0.2, 0.25) is 0 Å². The third-order valence-corrected chi connectivity index (χ3v) is 3.94. The summed E-state index contributed by atoms with van der Waals surface area (Å²) in [6.45, 7) is 0.888. The molecule has 124 valence electrons. The van der Waals surface area contributed by atoms with E-state index in [-0.39, 0.29) is 0 Å². The lowest BCUT2D eigenvalue weighted by molar-refractivity contribution is -0.139. The summed E-state index contributed by atoms with van der Waals surface area (Å²) in [6.07, 6.45) is 4.65. The first-order valence-corrected chi connectivity index (χ1v) is 8.28. The molecule has 0 heterocycles. The smallest absolute Gasteiger partial charge is 0.256 e. The molecule has 7 heteroatoms. The highest BCUT2D eigenvalue weighted by molar-refractivity contribution is 14.1. The summed E-state index contributed by atoms with van der Waals surface area (Å²) >= 11 is 2.02. The zero-order valence-electron chi connectivity index (χ0n) is 12.7. The van der Waals surface area contributed by atoms with E-state index in [9.17, 15) is 4.79 Å². The summed E-state index contributed by atoms with van der Waals surface area (Å²) < 4.78 is 16.1. The number of rotatable bonds is 7. The van der Waals surface area contributed by atoms with Crippen LogP contribution in [-0.4, -0.2) is 31.9 Å². The van der Waals surface area contributed by atoms with Crippen LogP contribution in [0.15, 0.2) is 52.1 Å². The lowest BCUT2D eigenvalue weighted by Gasteiger charge is -2.32. The number of hydroxylamine groups is 1. The fourth-order valence-electron chi connectivity index (χ4n) is 2.14. The number of nitrogens with one attached hydrogen (secondary N) is 3. The van der Waals surface area contributed by atoms with E-state index in [4.69, 9.17) is 4.84 Å². The van der Waals surface area contributed by atoms with Crippen molar-refractivity contribution in [3.05, 3.63) is 52.1 Å². The van der Waals surface area contributed by atoms with Gasteiger partial charge in [0.05, 0.1) is 6.61 Å². The van der Waals surface area contributed by atoms with Crippen LogP contribution in [-0.2, 0) is 9.63 Å². The Morgan fingerprint density at radius 2 is 2.13 bits per heavy atom. The van der Waals surface area contributed by atoms with Crippen molar-refractivity contribution in [1.82, 2.24) is 10.8 Å². The summed E-state index contributed by atoms with van der Waals surface area (Å²) in [5.74, 6) is -3.59. The summed E-state index contributed by atoms with van der Waals surface area (Å²) in [4.78, 5) is 17.3. The standard InChI is InChI=1S/C16H19FIN3O2/c1-19-9-10-23-21-15(22)14-8-7-12(18)11-16(14,17)20-13-5-3-2-4-6-13/h2-8,11,14,19-20H,9-10H2,1H3,(H,21,22). The van der Waals surface area contributed by atoms with Crippen molar-refractivity contribution < 1.29 is 14.0 Å². The van der Waals surface area contributed by atoms with E-state index in [0.717, 1.165) is 0 Å². The van der Waals surface area contributed by atoms with Gasteiger partial charge in [-0.25, -0.2) is 9.87 Å². The Kier molecular flexibility index (Phi) is 6.55. The second kappa shape index (κ2) is 8.42. The van der Waals surface area contributed by atoms with E-state index in [1.54, 1.807) is 37.4 Å². The Morgan fingerprint density at radius 1 is 1.39 bits per heavy atom. The SMILES string of the molecule is CNCCONC(=O)C1C=CC(I)=CC1(F)Nc1ccccc1. The maximum atomic E-state index is 15.4. The number of alkyl halides is 1. The molecule has 2 rings (SSSR count). The Bertz CT molecular complexity index is 594. The minimum atomic E-state index is -2.02. The van der Waals surface area contributed by atoms with E-state index in [0.29, 0.717) is 22.4 Å². The number of amides is 1. The highest BCUT2D eigenvalue weighted by atomic mass is 127. The van der Waals surface area contributed by atoms with E-state index < -0.39 is 17.6 Å². The molecule has 0 aliphatic heterocycles. The van der Waals surface area contributed by atoms with E-state index in [2.05, 4.69) is 16.1 Å². The monoisotopic (exact) mass is 431 g/mol. The number of anilines is 1. The maximum Gasteiger partial charge on any atom is 0.256 e. The average molecular weight is 431 g/mol. The molecule has 1 aliphatic carbocycles. The Balaban J connectivity index is 2.10. The van der Waals surface area contributed by atoms with Crippen LogP contribution < -0.4 is 16.1 Å². The van der Waals surface area contributed by atoms with Gasteiger partial charge in [-0.1, -0.05) is 30.4 Å². The van der Waals surface area contributed by atoms with Crippen molar-refractivity contribution in [2.75, 3.05) is 25.5 Å². The van der Waals surface area contributed by atoms with Crippen LogP contribution in [0.1, 0.15) is 0 Å². The minimum absolute atomic E-state index is 0.303. The average Bonchev–Trinajstić information content (AvgIpc) is 2.52. The molecular formula is C16H19FIN3O2. The van der Waals surface area contributed by atoms with Gasteiger partial charge in [-0.15, -0.1) is 0 Å². The zero-order valence-corrected chi connectivity index (χ0v) is 14.8. The largest absolute Gasteiger partial charge is 0.349 e. The van der Waals surface area contributed by atoms with E-state index in [1.807, 2.05) is 28.7 Å². The molecule has 0 radical (unpaired) electrons. The molecule has 0 fully saturated rings. The van der Waals surface area contributed by atoms with Crippen LogP contribution in [0, 0.1) is 5.92 Å². The first-order chi connectivity index (χ1) is 11.0. The van der Waals surface area contributed by atoms with Crippen LogP contribution >= 0.6 is 22.6 Å². The van der Waals surface area contributed by atoms with Gasteiger partial charge in [-0.3, -0.25) is 9.63 Å². The number of para-hydroxylation sites is 1. The van der Waals surface area contributed by atoms with Gasteiger partial charge in [0.25, 0.3) is 5.91 Å². The molecular weight excluding hydrogens is 412 g/mol. The Hall–Kier alpha value is -1.45. The van der Waals surface area contributed by atoms with Crippen molar-refractivity contribution in [3.63, 3.8) is 0 Å². The Labute approximate surface area is 148 Å². The van der Waals surface area contributed by atoms with Gasteiger partial charge in [0.2, 0.25) is 5.79 Å². The third-order valence-electron chi connectivity index (χ3n) is 3.27. The number of carbonyl (C=O) groups excluding carboxylic acids is 1. The highest BCUT2D eigenvalue weighted by Gasteiger charge is 2.42. The number of benzene rings is 1. The zero-order chi connectivity index (χ0) is 16.7. The van der Waals surface area contributed by atoms with Gasteiger partial charge < -0.3 is 10.6 Å². The van der Waals surface area contributed by atoms with Crippen molar-refractivity contribution in [1.29, 1.82) is 0 Å². The maximum absolute atomic E-state index is 15.4. The van der Waals surface area contributed by atoms with Gasteiger partial charge in [0.15, 0.2) is 0 Å². The van der Waals surface area contributed by atoms with E-state index >= 15 is 4.39 Å². The van der Waals surface area contributed by atoms with Crippen LogP contribution in [0.25, 0.3) is 0 Å². The van der Waals surface area contributed by atoms with Gasteiger partial charge in [0, 0.05) is 15.8 Å². The van der Waals surface area contributed by atoms with E-state index in [1.165, 1.54) is 12.2 Å². The molecule has 0 spiro atoms. The number of hydrogen-bond donors (Lipinski definition) is 3. The topological polar surface area (TPSA) is 62.4 Å². The number of likely N-dealkylation sites (N-methyl/N-ethyl adjacent to an activating group) is 1. The minimum Gasteiger partial charge on any atom is -0.349 e. The fraction of sp³-hybridized carbons (Fsp3) is 0.312. The quantitative estimate of drug-likeness (QED) is 0.269. The summed E-state index contributed by atoms with van der Waals surface area (Å²) in [7, 11) is 1.78. The summed E-state index contributed by atoms with van der Waals surface area (Å²) in [5, 5.41) is 5.68.